The van der Waals surface area contributed by atoms with Gasteiger partial charge in [0.15, 0.2) is 16.6 Å². The van der Waals surface area contributed by atoms with Gasteiger partial charge in [0, 0.05) is 5.92 Å². The molecule has 0 aromatic carbocycles. The van der Waals surface area contributed by atoms with Crippen LogP contribution >= 0.6 is 0 Å². The summed E-state index contributed by atoms with van der Waals surface area (Å²) >= 11 is 0. The lowest BCUT2D eigenvalue weighted by molar-refractivity contribution is -0.136. The highest BCUT2D eigenvalue weighted by atomic mass is 28.4. The Morgan fingerprint density at radius 3 is 2.23 bits per heavy atom. The van der Waals surface area contributed by atoms with Crippen LogP contribution in [-0.4, -0.2) is 39.4 Å². The second-order valence-corrected chi connectivity index (χ2v) is 23.0. The molecule has 226 valence electrons. The number of carboxylic acids is 1. The summed E-state index contributed by atoms with van der Waals surface area (Å²) in [5.74, 6) is -0.390. The molecule has 4 nitrogen and oxygen atoms in total. The summed E-state index contributed by atoms with van der Waals surface area (Å²) in [5.41, 5.74) is 4.53. The summed E-state index contributed by atoms with van der Waals surface area (Å²) in [7, 11) is -3.60. The highest BCUT2D eigenvalue weighted by molar-refractivity contribution is 6.74. The van der Waals surface area contributed by atoms with Gasteiger partial charge in [-0.05, 0) is 93.9 Å². The predicted octanol–water partition coefficient (Wildman–Crippen LogP) is 10.4. The molecule has 0 heterocycles. The van der Waals surface area contributed by atoms with E-state index in [0.29, 0.717) is 5.92 Å². The summed E-state index contributed by atoms with van der Waals surface area (Å²) in [6.45, 7) is 23.4. The normalized spacial score (nSPS) is 19.8. The molecule has 0 saturated carbocycles. The number of carbonyl (C=O) groups is 1. The van der Waals surface area contributed by atoms with E-state index in [1.165, 1.54) is 37.4 Å². The van der Waals surface area contributed by atoms with Gasteiger partial charge < -0.3 is 14.0 Å². The Morgan fingerprint density at radius 1 is 1.05 bits per heavy atom. The van der Waals surface area contributed by atoms with Crippen LogP contribution in [0.2, 0.25) is 36.3 Å². The second kappa shape index (κ2) is 16.5. The molecule has 3 atom stereocenters. The molecule has 1 unspecified atom stereocenters. The monoisotopic (exact) mass is 578 g/mol. The van der Waals surface area contributed by atoms with Gasteiger partial charge in [0.1, 0.15) is 0 Å². The zero-order chi connectivity index (χ0) is 29.7. The van der Waals surface area contributed by atoms with E-state index in [2.05, 4.69) is 80.3 Å². The van der Waals surface area contributed by atoms with Crippen molar-refractivity contribution in [3.05, 3.63) is 29.5 Å². The standard InChI is InChI=1S/C33H62O4Si2/c1-11-15-20-26-33(8,37-38(9,10)32(5,6)7)27-25-28-23-24-30(36-39(12-2,13-3)14-4)29(28)21-18-16-17-19-22-31(34)35/h16,19,23,29-30H,11-15,18,20-22,24-27H2,1-10H3,(H,34,35)/t17?,29-,30+,33?/m1/s1. The van der Waals surface area contributed by atoms with Gasteiger partial charge in [-0.2, -0.15) is 0 Å². The van der Waals surface area contributed by atoms with Gasteiger partial charge in [-0.3, -0.25) is 4.79 Å². The molecular formula is C33H62O4Si2. The fourth-order valence-electron chi connectivity index (χ4n) is 5.66. The first kappa shape index (κ1) is 36.1. The average Bonchev–Trinajstić information content (AvgIpc) is 3.23. The summed E-state index contributed by atoms with van der Waals surface area (Å²) in [5, 5.41) is 9.08. The predicted molar refractivity (Wildman–Crippen MR) is 172 cm³/mol. The van der Waals surface area contributed by atoms with Crippen LogP contribution in [-0.2, 0) is 13.6 Å². The molecule has 39 heavy (non-hydrogen) atoms. The van der Waals surface area contributed by atoms with Gasteiger partial charge in [-0.25, -0.2) is 0 Å². The minimum absolute atomic E-state index is 0.0271. The van der Waals surface area contributed by atoms with Crippen LogP contribution in [0.3, 0.4) is 0 Å². The summed E-state index contributed by atoms with van der Waals surface area (Å²) < 4.78 is 14.2. The molecule has 0 radical (unpaired) electrons. The van der Waals surface area contributed by atoms with E-state index in [1.54, 1.807) is 11.6 Å². The molecule has 0 saturated heterocycles. The molecule has 1 rings (SSSR count). The highest BCUT2D eigenvalue weighted by Gasteiger charge is 2.43. The third-order valence-corrected chi connectivity index (χ3v) is 18.8. The first-order valence-electron chi connectivity index (χ1n) is 15.9. The smallest absolute Gasteiger partial charge is 0.307 e. The largest absolute Gasteiger partial charge is 0.481 e. The van der Waals surface area contributed by atoms with Crippen molar-refractivity contribution in [2.75, 3.05) is 0 Å². The Morgan fingerprint density at radius 2 is 1.69 bits per heavy atom. The number of carboxylic acid groups (broad SMARTS) is 1. The maximum Gasteiger partial charge on any atom is 0.307 e. The lowest BCUT2D eigenvalue weighted by Gasteiger charge is -2.45. The Kier molecular flexibility index (Phi) is 15.3. The molecule has 0 aliphatic heterocycles. The van der Waals surface area contributed by atoms with Gasteiger partial charge in [0.05, 0.1) is 18.1 Å². The van der Waals surface area contributed by atoms with Crippen LogP contribution in [0.1, 0.15) is 120 Å². The Balaban J connectivity index is 3.11. The average molecular weight is 579 g/mol. The lowest BCUT2D eigenvalue weighted by atomic mass is 9.86. The van der Waals surface area contributed by atoms with Crippen molar-refractivity contribution in [1.29, 1.82) is 0 Å². The maximum absolute atomic E-state index is 10.8. The van der Waals surface area contributed by atoms with Crippen LogP contribution in [0.15, 0.2) is 29.5 Å². The summed E-state index contributed by atoms with van der Waals surface area (Å²) in [6.07, 6.45) is 16.3. The Bertz CT molecular complexity index is 823. The third kappa shape index (κ3) is 11.8. The Labute approximate surface area is 244 Å². The van der Waals surface area contributed by atoms with E-state index in [-0.39, 0.29) is 23.2 Å². The molecule has 0 aromatic heterocycles. The molecule has 0 spiro atoms. The van der Waals surface area contributed by atoms with E-state index < -0.39 is 22.6 Å². The molecule has 1 N–H and O–H groups in total. The van der Waals surface area contributed by atoms with Gasteiger partial charge >= 0.3 is 5.97 Å². The summed E-state index contributed by atoms with van der Waals surface area (Å²) in [6, 6.07) is 3.52. The number of rotatable bonds is 19. The first-order chi connectivity index (χ1) is 18.2. The van der Waals surface area contributed by atoms with Crippen molar-refractivity contribution < 1.29 is 18.8 Å². The number of unbranched alkanes of at least 4 members (excludes halogenated alkanes) is 2. The van der Waals surface area contributed by atoms with E-state index >= 15 is 0 Å². The van der Waals surface area contributed by atoms with E-state index in [0.717, 1.165) is 38.5 Å². The molecule has 0 aromatic rings. The van der Waals surface area contributed by atoms with Gasteiger partial charge in [0.2, 0.25) is 0 Å². The molecule has 6 heteroatoms. The van der Waals surface area contributed by atoms with Crippen LogP contribution in [0.5, 0.6) is 0 Å². The van der Waals surface area contributed by atoms with Crippen molar-refractivity contribution in [2.24, 2.45) is 5.92 Å². The van der Waals surface area contributed by atoms with Crippen molar-refractivity contribution >= 4 is 22.6 Å². The number of aliphatic carboxylic acids is 1. The molecule has 1 aliphatic carbocycles. The minimum atomic E-state index is -1.89. The van der Waals surface area contributed by atoms with Crippen molar-refractivity contribution in [1.82, 2.24) is 0 Å². The fraction of sp³-hybridized carbons (Fsp3) is 0.818. The van der Waals surface area contributed by atoms with Gasteiger partial charge in [-0.15, -0.1) is 5.73 Å². The van der Waals surface area contributed by atoms with Gasteiger partial charge in [0.25, 0.3) is 0 Å². The SMILES string of the molecule is CCCCCC(C)(CCC1=CC[C@H](O[Si](CC)(CC)CC)[C@@H]1CCC=C=CCC(=O)O)O[Si](C)(C)C(C)(C)C. The quantitative estimate of drug-likeness (QED) is 0.0717. The zero-order valence-electron chi connectivity index (χ0n) is 27.3. The van der Waals surface area contributed by atoms with E-state index in [9.17, 15) is 4.79 Å². The van der Waals surface area contributed by atoms with Crippen LogP contribution < -0.4 is 0 Å². The van der Waals surface area contributed by atoms with Crippen molar-refractivity contribution in [3.8, 4) is 0 Å². The fourth-order valence-corrected chi connectivity index (χ4v) is 10.3. The molecular weight excluding hydrogens is 517 g/mol. The van der Waals surface area contributed by atoms with Crippen molar-refractivity contribution in [2.45, 2.75) is 168 Å². The van der Waals surface area contributed by atoms with Crippen LogP contribution in [0.4, 0.5) is 0 Å². The van der Waals surface area contributed by atoms with Gasteiger partial charge in [-0.1, -0.05) is 79.4 Å². The topological polar surface area (TPSA) is 55.8 Å². The molecule has 0 amide bonds. The second-order valence-electron chi connectivity index (χ2n) is 13.5. The molecule has 1 aliphatic rings. The van der Waals surface area contributed by atoms with Crippen LogP contribution in [0.25, 0.3) is 0 Å². The third-order valence-electron chi connectivity index (χ3n) is 9.57. The lowest BCUT2D eigenvalue weighted by Crippen LogP contribution is -2.48. The minimum Gasteiger partial charge on any atom is -0.481 e. The first-order valence-corrected chi connectivity index (χ1v) is 21.3. The maximum atomic E-state index is 10.8. The van der Waals surface area contributed by atoms with E-state index in [1.807, 2.05) is 6.08 Å². The van der Waals surface area contributed by atoms with E-state index in [4.69, 9.17) is 14.0 Å². The molecule has 0 fully saturated rings. The zero-order valence-corrected chi connectivity index (χ0v) is 29.3. The van der Waals surface area contributed by atoms with Crippen molar-refractivity contribution in [3.63, 3.8) is 0 Å². The highest BCUT2D eigenvalue weighted by Crippen LogP contribution is 2.44. The van der Waals surface area contributed by atoms with Crippen LogP contribution in [0, 0.1) is 5.92 Å². The summed E-state index contributed by atoms with van der Waals surface area (Å²) in [4.78, 5) is 10.8. The molecule has 0 bridgehead atoms. The Hall–Kier alpha value is -0.916. The number of hydrogen-bond donors (Lipinski definition) is 1. The number of hydrogen-bond acceptors (Lipinski definition) is 3.